The van der Waals surface area contributed by atoms with E-state index in [1.165, 1.54) is 5.56 Å². The number of pyridine rings is 1. The Hall–Kier alpha value is -3.34. The Morgan fingerprint density at radius 2 is 1.76 bits per heavy atom. The predicted octanol–water partition coefficient (Wildman–Crippen LogP) is 5.29. The number of allylic oxidation sites excluding steroid dienone is 4. The zero-order valence-corrected chi connectivity index (χ0v) is 16.4. The monoisotopic (exact) mass is 386 g/mol. The van der Waals surface area contributed by atoms with Crippen molar-refractivity contribution >= 4 is 5.82 Å². The van der Waals surface area contributed by atoms with Crippen LogP contribution in [0.1, 0.15) is 24.0 Å². The Morgan fingerprint density at radius 3 is 2.52 bits per heavy atom. The summed E-state index contributed by atoms with van der Waals surface area (Å²) in [7, 11) is 2.00. The van der Waals surface area contributed by atoms with Gasteiger partial charge in [-0.1, -0.05) is 42.5 Å². The zero-order valence-electron chi connectivity index (χ0n) is 16.4. The number of nitrogens with zero attached hydrogens (tertiary/aromatic N) is 4. The molecule has 29 heavy (non-hydrogen) atoms. The van der Waals surface area contributed by atoms with Gasteiger partial charge in [0.05, 0.1) is 0 Å². The Morgan fingerprint density at radius 1 is 0.966 bits per heavy atom. The summed E-state index contributed by atoms with van der Waals surface area (Å²) in [5.41, 5.74) is 3.51. The van der Waals surface area contributed by atoms with Crippen LogP contribution in [0.2, 0.25) is 0 Å². The molecule has 0 atom stereocenters. The molecule has 4 rings (SSSR count). The molecule has 2 heterocycles. The summed E-state index contributed by atoms with van der Waals surface area (Å²) in [4.78, 5) is 15.8. The van der Waals surface area contributed by atoms with E-state index in [4.69, 9.17) is 4.98 Å². The van der Waals surface area contributed by atoms with Gasteiger partial charge in [-0.15, -0.1) is 0 Å². The van der Waals surface area contributed by atoms with Crippen molar-refractivity contribution in [3.8, 4) is 11.5 Å². The molecule has 5 heteroatoms. The molecule has 0 bridgehead atoms. The van der Waals surface area contributed by atoms with Crippen LogP contribution in [0.15, 0.2) is 84.5 Å². The van der Waals surface area contributed by atoms with Crippen molar-refractivity contribution in [1.82, 2.24) is 15.0 Å². The molecule has 3 aromatic rings. The molecule has 0 spiro atoms. The van der Waals surface area contributed by atoms with Crippen LogP contribution in [0.5, 0.6) is 0 Å². The van der Waals surface area contributed by atoms with Crippen LogP contribution >= 0.6 is 0 Å². The van der Waals surface area contributed by atoms with Crippen LogP contribution < -0.4 is 4.90 Å². The third-order valence-electron chi connectivity index (χ3n) is 4.93. The van der Waals surface area contributed by atoms with E-state index >= 15 is 0 Å². The van der Waals surface area contributed by atoms with Crippen molar-refractivity contribution in [1.29, 1.82) is 0 Å². The standard InChI is InChI=1S/C24H23FN4/c1-29(17-18-9-3-2-4-10-18)24-20(15-19-11-5-6-12-21(19)25)16-27-23(28-24)22-13-7-8-14-26-22/h2-4,7-14,16H,5-6,15,17H2,1H3. The Balaban J connectivity index is 1.69. The maximum Gasteiger partial charge on any atom is 0.180 e. The molecule has 4 nitrogen and oxygen atoms in total. The summed E-state index contributed by atoms with van der Waals surface area (Å²) in [5.74, 6) is 1.23. The third-order valence-corrected chi connectivity index (χ3v) is 4.93. The number of anilines is 1. The fourth-order valence-corrected chi connectivity index (χ4v) is 3.46. The lowest BCUT2D eigenvalue weighted by Crippen LogP contribution is -2.20. The molecule has 2 aromatic heterocycles. The van der Waals surface area contributed by atoms with Gasteiger partial charge in [-0.2, -0.15) is 0 Å². The number of benzene rings is 1. The highest BCUT2D eigenvalue weighted by molar-refractivity contribution is 5.57. The number of halogens is 1. The number of aromatic nitrogens is 3. The first-order chi connectivity index (χ1) is 14.2. The molecule has 0 fully saturated rings. The van der Waals surface area contributed by atoms with Crippen molar-refractivity contribution in [3.05, 3.63) is 95.6 Å². The maximum atomic E-state index is 14.3. The SMILES string of the molecule is CN(Cc1ccccc1)c1nc(-c2ccccn2)ncc1CC1=CCCC=C1F. The topological polar surface area (TPSA) is 41.9 Å². The molecule has 0 aliphatic heterocycles. The molecular weight excluding hydrogens is 363 g/mol. The van der Waals surface area contributed by atoms with Crippen molar-refractivity contribution < 1.29 is 4.39 Å². The highest BCUT2D eigenvalue weighted by Crippen LogP contribution is 2.28. The van der Waals surface area contributed by atoms with E-state index in [0.29, 0.717) is 24.4 Å². The summed E-state index contributed by atoms with van der Waals surface area (Å²) in [6, 6.07) is 15.9. The summed E-state index contributed by atoms with van der Waals surface area (Å²) >= 11 is 0. The van der Waals surface area contributed by atoms with E-state index in [9.17, 15) is 4.39 Å². The van der Waals surface area contributed by atoms with Gasteiger partial charge in [0, 0.05) is 38.0 Å². The van der Waals surface area contributed by atoms with Gasteiger partial charge in [0.15, 0.2) is 5.82 Å². The Labute approximate surface area is 170 Å². The number of hydrogen-bond acceptors (Lipinski definition) is 4. The lowest BCUT2D eigenvalue weighted by atomic mass is 9.99. The average molecular weight is 386 g/mol. The van der Waals surface area contributed by atoms with E-state index < -0.39 is 0 Å². The van der Waals surface area contributed by atoms with Gasteiger partial charge in [-0.3, -0.25) is 4.98 Å². The fourth-order valence-electron chi connectivity index (χ4n) is 3.46. The minimum Gasteiger partial charge on any atom is -0.355 e. The molecule has 146 valence electrons. The molecule has 0 radical (unpaired) electrons. The van der Waals surface area contributed by atoms with E-state index in [1.54, 1.807) is 18.5 Å². The molecular formula is C24H23FN4. The van der Waals surface area contributed by atoms with Gasteiger partial charge in [0.25, 0.3) is 0 Å². The summed E-state index contributed by atoms with van der Waals surface area (Å²) in [6.45, 7) is 0.698. The van der Waals surface area contributed by atoms with Crippen LogP contribution in [0, 0.1) is 0 Å². The first kappa shape index (κ1) is 19.0. The first-order valence-electron chi connectivity index (χ1n) is 9.78. The second-order valence-corrected chi connectivity index (χ2v) is 7.13. The van der Waals surface area contributed by atoms with Crippen molar-refractivity contribution in [2.24, 2.45) is 0 Å². The Kier molecular flexibility index (Phi) is 5.75. The average Bonchev–Trinajstić information content (AvgIpc) is 2.77. The van der Waals surface area contributed by atoms with Gasteiger partial charge in [0.2, 0.25) is 0 Å². The summed E-state index contributed by atoms with van der Waals surface area (Å²) < 4.78 is 14.3. The molecule has 1 aromatic carbocycles. The largest absolute Gasteiger partial charge is 0.355 e. The minimum absolute atomic E-state index is 0.137. The molecule has 0 N–H and O–H groups in total. The fraction of sp³-hybridized carbons (Fsp3) is 0.208. The quantitative estimate of drug-likeness (QED) is 0.577. The van der Waals surface area contributed by atoms with Crippen molar-refractivity contribution in [3.63, 3.8) is 0 Å². The number of hydrogen-bond donors (Lipinski definition) is 0. The van der Waals surface area contributed by atoms with Crippen LogP contribution in [0.4, 0.5) is 10.2 Å². The third kappa shape index (κ3) is 4.57. The van der Waals surface area contributed by atoms with Crippen LogP contribution in [-0.2, 0) is 13.0 Å². The first-order valence-corrected chi connectivity index (χ1v) is 9.78. The number of rotatable bonds is 6. The highest BCUT2D eigenvalue weighted by Gasteiger charge is 2.17. The zero-order chi connectivity index (χ0) is 20.1. The predicted molar refractivity (Wildman–Crippen MR) is 114 cm³/mol. The second kappa shape index (κ2) is 8.78. The van der Waals surface area contributed by atoms with E-state index in [2.05, 4.69) is 27.0 Å². The van der Waals surface area contributed by atoms with Crippen LogP contribution in [0.25, 0.3) is 11.5 Å². The van der Waals surface area contributed by atoms with Gasteiger partial charge < -0.3 is 4.90 Å². The molecule has 0 amide bonds. The van der Waals surface area contributed by atoms with E-state index in [-0.39, 0.29) is 5.83 Å². The molecule has 1 aliphatic rings. The van der Waals surface area contributed by atoms with Gasteiger partial charge in [-0.05, 0) is 42.2 Å². The van der Waals surface area contributed by atoms with E-state index in [1.807, 2.05) is 49.5 Å². The second-order valence-electron chi connectivity index (χ2n) is 7.13. The van der Waals surface area contributed by atoms with E-state index in [0.717, 1.165) is 29.9 Å². The smallest absolute Gasteiger partial charge is 0.180 e. The summed E-state index contributed by atoms with van der Waals surface area (Å²) in [5, 5.41) is 0. The van der Waals surface area contributed by atoms with Gasteiger partial charge in [0.1, 0.15) is 17.3 Å². The lowest BCUT2D eigenvalue weighted by molar-refractivity contribution is 0.628. The lowest BCUT2D eigenvalue weighted by Gasteiger charge is -2.22. The minimum atomic E-state index is -0.137. The van der Waals surface area contributed by atoms with Crippen molar-refractivity contribution in [2.75, 3.05) is 11.9 Å². The Bertz CT molecular complexity index is 1030. The van der Waals surface area contributed by atoms with Crippen LogP contribution in [0.3, 0.4) is 0 Å². The van der Waals surface area contributed by atoms with Crippen LogP contribution in [-0.4, -0.2) is 22.0 Å². The molecule has 0 unspecified atom stereocenters. The molecule has 0 saturated carbocycles. The van der Waals surface area contributed by atoms with Gasteiger partial charge >= 0.3 is 0 Å². The van der Waals surface area contributed by atoms with Crippen molar-refractivity contribution in [2.45, 2.75) is 25.8 Å². The maximum absolute atomic E-state index is 14.3. The summed E-state index contributed by atoms with van der Waals surface area (Å²) in [6.07, 6.45) is 9.26. The molecule has 0 saturated heterocycles. The van der Waals surface area contributed by atoms with Gasteiger partial charge in [-0.25, -0.2) is 14.4 Å². The molecule has 1 aliphatic carbocycles. The highest BCUT2D eigenvalue weighted by atomic mass is 19.1. The normalized spacial score (nSPS) is 13.6.